The molecule has 0 saturated carbocycles. The van der Waals surface area contributed by atoms with Gasteiger partial charge >= 0.3 is 0 Å². The lowest BCUT2D eigenvalue weighted by molar-refractivity contribution is 0.0588. The Bertz CT molecular complexity index is 449. The van der Waals surface area contributed by atoms with E-state index in [1.54, 1.807) is 0 Å². The number of nitrogens with two attached hydrogens (primary N) is 1. The normalized spacial score (nSPS) is 12.2. The molecule has 1 atom stereocenters. The molecule has 1 heterocycles. The molecule has 120 valence electrons. The molecule has 1 unspecified atom stereocenters. The quantitative estimate of drug-likeness (QED) is 0.620. The molecule has 1 amide bonds. The van der Waals surface area contributed by atoms with E-state index in [1.807, 2.05) is 18.7 Å². The number of amides is 1. The summed E-state index contributed by atoms with van der Waals surface area (Å²) in [5.74, 6) is -0.00939. The van der Waals surface area contributed by atoms with Crippen molar-refractivity contribution in [3.63, 3.8) is 0 Å². The van der Waals surface area contributed by atoms with Crippen LogP contribution in [0.15, 0.2) is 0 Å². The van der Waals surface area contributed by atoms with Crippen molar-refractivity contribution in [1.82, 2.24) is 10.3 Å². The summed E-state index contributed by atoms with van der Waals surface area (Å²) >= 11 is 1.28. The maximum atomic E-state index is 12.1. The van der Waals surface area contributed by atoms with E-state index >= 15 is 0 Å². The van der Waals surface area contributed by atoms with Crippen molar-refractivity contribution >= 4 is 28.2 Å². The largest absolute Gasteiger partial charge is 0.391 e. The molecule has 0 fully saturated rings. The second-order valence-corrected chi connectivity index (χ2v) is 5.51. The number of nitrogens with zero attached hydrogens (tertiary/aromatic N) is 2. The van der Waals surface area contributed by atoms with Crippen molar-refractivity contribution in [3.05, 3.63) is 4.88 Å². The summed E-state index contributed by atoms with van der Waals surface area (Å²) in [6.07, 6.45) is -0.151. The highest BCUT2D eigenvalue weighted by molar-refractivity contribution is 7.18. The molecule has 0 spiro atoms. The first-order valence-corrected chi connectivity index (χ1v) is 7.81. The van der Waals surface area contributed by atoms with Crippen molar-refractivity contribution in [1.29, 1.82) is 0 Å². The van der Waals surface area contributed by atoms with Gasteiger partial charge in [0, 0.05) is 26.7 Å². The molecule has 0 radical (unpaired) electrons. The standard InChI is InChI=1S/C13H24N4O3S/c1-4-17(5-2)13-16-11(14)10(21-13)12(19)15-7-6-9(18)8-20-3/h9,18H,4-8,14H2,1-3H3,(H,15,19). The molecular formula is C13H24N4O3S. The average Bonchev–Trinajstić information content (AvgIpc) is 2.82. The molecular weight excluding hydrogens is 292 g/mol. The second-order valence-electron chi connectivity index (χ2n) is 4.54. The summed E-state index contributed by atoms with van der Waals surface area (Å²) in [5, 5.41) is 13.0. The first-order valence-electron chi connectivity index (χ1n) is 6.99. The zero-order valence-electron chi connectivity index (χ0n) is 12.8. The monoisotopic (exact) mass is 316 g/mol. The number of carbonyl (C=O) groups excluding carboxylic acids is 1. The minimum absolute atomic E-state index is 0.247. The number of thiazole rings is 1. The van der Waals surface area contributed by atoms with E-state index in [0.29, 0.717) is 17.8 Å². The van der Waals surface area contributed by atoms with Crippen LogP contribution in [-0.4, -0.2) is 55.5 Å². The number of aromatic nitrogens is 1. The number of hydrogen-bond donors (Lipinski definition) is 3. The van der Waals surface area contributed by atoms with Gasteiger partial charge in [0.05, 0.1) is 12.7 Å². The highest BCUT2D eigenvalue weighted by atomic mass is 32.1. The van der Waals surface area contributed by atoms with Crippen LogP contribution in [0.5, 0.6) is 0 Å². The average molecular weight is 316 g/mol. The fraction of sp³-hybridized carbons (Fsp3) is 0.692. The van der Waals surface area contributed by atoms with Gasteiger partial charge in [0.1, 0.15) is 10.7 Å². The zero-order chi connectivity index (χ0) is 15.8. The predicted octanol–water partition coefficient (Wildman–Crippen LogP) is 0.699. The van der Waals surface area contributed by atoms with E-state index in [1.165, 1.54) is 18.4 Å². The number of aliphatic hydroxyl groups excluding tert-OH is 1. The van der Waals surface area contributed by atoms with E-state index in [4.69, 9.17) is 10.5 Å². The summed E-state index contributed by atoms with van der Waals surface area (Å²) in [6, 6.07) is 0. The fourth-order valence-corrected chi connectivity index (χ4v) is 2.85. The Morgan fingerprint density at radius 1 is 1.52 bits per heavy atom. The maximum absolute atomic E-state index is 12.1. The minimum atomic E-state index is -0.583. The molecule has 0 aliphatic carbocycles. The summed E-state index contributed by atoms with van der Waals surface area (Å²) in [4.78, 5) is 18.8. The Hall–Kier alpha value is -1.38. The van der Waals surface area contributed by atoms with Crippen LogP contribution in [-0.2, 0) is 4.74 Å². The SMILES string of the molecule is CCN(CC)c1nc(N)c(C(=O)NCCC(O)COC)s1. The molecule has 1 aromatic rings. The molecule has 7 nitrogen and oxygen atoms in total. The van der Waals surface area contributed by atoms with Crippen molar-refractivity contribution in [2.24, 2.45) is 0 Å². The molecule has 0 aliphatic rings. The fourth-order valence-electron chi connectivity index (χ4n) is 1.82. The number of nitrogens with one attached hydrogen (secondary N) is 1. The molecule has 1 aromatic heterocycles. The minimum Gasteiger partial charge on any atom is -0.391 e. The maximum Gasteiger partial charge on any atom is 0.265 e. The van der Waals surface area contributed by atoms with Gasteiger partial charge in [-0.2, -0.15) is 0 Å². The van der Waals surface area contributed by atoms with Crippen molar-refractivity contribution in [3.8, 4) is 0 Å². The third-order valence-electron chi connectivity index (χ3n) is 3.00. The summed E-state index contributed by atoms with van der Waals surface area (Å²) in [5.41, 5.74) is 5.81. The van der Waals surface area contributed by atoms with Crippen LogP contribution in [0.25, 0.3) is 0 Å². The van der Waals surface area contributed by atoms with Crippen molar-refractivity contribution in [2.75, 3.05) is 44.0 Å². The Kier molecular flexibility index (Phi) is 7.41. The summed E-state index contributed by atoms with van der Waals surface area (Å²) in [7, 11) is 1.52. The number of ether oxygens (including phenoxy) is 1. The van der Waals surface area contributed by atoms with Crippen molar-refractivity contribution < 1.29 is 14.6 Å². The molecule has 8 heteroatoms. The number of nitrogen functional groups attached to an aromatic ring is 1. The third-order valence-corrected chi connectivity index (χ3v) is 4.14. The first kappa shape index (κ1) is 17.7. The van der Waals surface area contributed by atoms with E-state index in [9.17, 15) is 9.90 Å². The molecule has 0 saturated heterocycles. The third kappa shape index (κ3) is 5.14. The van der Waals surface area contributed by atoms with Crippen LogP contribution < -0.4 is 16.0 Å². The van der Waals surface area contributed by atoms with Gasteiger partial charge in [-0.05, 0) is 20.3 Å². The number of methoxy groups -OCH3 is 1. The highest BCUT2D eigenvalue weighted by Gasteiger charge is 2.18. The van der Waals surface area contributed by atoms with E-state index < -0.39 is 6.10 Å². The van der Waals surface area contributed by atoms with E-state index in [2.05, 4.69) is 10.3 Å². The van der Waals surface area contributed by atoms with Crippen LogP contribution in [0.4, 0.5) is 10.9 Å². The number of carbonyl (C=O) groups is 1. The van der Waals surface area contributed by atoms with Gasteiger partial charge in [-0.3, -0.25) is 4.79 Å². The number of hydrogen-bond acceptors (Lipinski definition) is 7. The summed E-state index contributed by atoms with van der Waals surface area (Å²) in [6.45, 7) is 6.30. The van der Waals surface area contributed by atoms with Gasteiger partial charge in [-0.15, -0.1) is 0 Å². The van der Waals surface area contributed by atoms with Gasteiger partial charge in [0.2, 0.25) is 0 Å². The van der Waals surface area contributed by atoms with E-state index in [-0.39, 0.29) is 18.3 Å². The molecule has 4 N–H and O–H groups in total. The lowest BCUT2D eigenvalue weighted by atomic mass is 10.2. The molecule has 0 aliphatic heterocycles. The van der Waals surface area contributed by atoms with Gasteiger partial charge in [0.25, 0.3) is 5.91 Å². The van der Waals surface area contributed by atoms with Crippen LogP contribution >= 0.6 is 11.3 Å². The van der Waals surface area contributed by atoms with Gasteiger partial charge in [0.15, 0.2) is 5.13 Å². The Balaban J connectivity index is 2.58. The molecule has 1 rings (SSSR count). The Morgan fingerprint density at radius 3 is 2.76 bits per heavy atom. The number of aliphatic hydroxyl groups is 1. The first-order chi connectivity index (χ1) is 10.0. The van der Waals surface area contributed by atoms with Gasteiger partial charge in [-0.1, -0.05) is 11.3 Å². The topological polar surface area (TPSA) is 101 Å². The number of anilines is 2. The van der Waals surface area contributed by atoms with Crippen LogP contribution in [0.1, 0.15) is 29.9 Å². The van der Waals surface area contributed by atoms with Crippen LogP contribution in [0.3, 0.4) is 0 Å². The molecule has 0 bridgehead atoms. The second kappa shape index (κ2) is 8.81. The smallest absolute Gasteiger partial charge is 0.265 e. The van der Waals surface area contributed by atoms with Crippen LogP contribution in [0.2, 0.25) is 0 Å². The lowest BCUT2D eigenvalue weighted by Crippen LogP contribution is -2.28. The zero-order valence-corrected chi connectivity index (χ0v) is 13.6. The van der Waals surface area contributed by atoms with Gasteiger partial charge in [-0.25, -0.2) is 4.98 Å². The molecule has 0 aromatic carbocycles. The Morgan fingerprint density at radius 2 is 2.19 bits per heavy atom. The predicted molar refractivity (Wildman–Crippen MR) is 84.9 cm³/mol. The van der Waals surface area contributed by atoms with Crippen LogP contribution in [0, 0.1) is 0 Å². The van der Waals surface area contributed by atoms with E-state index in [0.717, 1.165) is 18.2 Å². The number of rotatable bonds is 9. The Labute approximate surface area is 129 Å². The summed E-state index contributed by atoms with van der Waals surface area (Å²) < 4.78 is 4.82. The van der Waals surface area contributed by atoms with Gasteiger partial charge < -0.3 is 25.8 Å². The highest BCUT2D eigenvalue weighted by Crippen LogP contribution is 2.27. The van der Waals surface area contributed by atoms with Crippen molar-refractivity contribution in [2.45, 2.75) is 26.4 Å². The lowest BCUT2D eigenvalue weighted by Gasteiger charge is -2.16. The molecule has 21 heavy (non-hydrogen) atoms.